The van der Waals surface area contributed by atoms with Crippen molar-refractivity contribution in [3.8, 4) is 0 Å². The van der Waals surface area contributed by atoms with E-state index in [-0.39, 0.29) is 18.2 Å². The second-order valence-electron chi connectivity index (χ2n) is 5.10. The van der Waals surface area contributed by atoms with Gasteiger partial charge in [-0.25, -0.2) is 0 Å². The fourth-order valence-corrected chi connectivity index (χ4v) is 2.18. The van der Waals surface area contributed by atoms with Crippen LogP contribution in [0.2, 0.25) is 0 Å². The van der Waals surface area contributed by atoms with Gasteiger partial charge < -0.3 is 10.6 Å². The molecule has 0 unspecified atom stereocenters. The van der Waals surface area contributed by atoms with Crippen molar-refractivity contribution in [3.05, 3.63) is 65.7 Å². The molecule has 4 heteroatoms. The van der Waals surface area contributed by atoms with Crippen molar-refractivity contribution in [1.82, 2.24) is 5.32 Å². The van der Waals surface area contributed by atoms with Crippen molar-refractivity contribution in [2.24, 2.45) is 0 Å². The summed E-state index contributed by atoms with van der Waals surface area (Å²) in [5.74, 6) is -0.230. The number of amides is 2. The minimum atomic E-state index is -0.128. The molecule has 0 aliphatic heterocycles. The quantitative estimate of drug-likeness (QED) is 0.861. The molecule has 0 saturated carbocycles. The lowest BCUT2D eigenvalue weighted by atomic mass is 10.0. The van der Waals surface area contributed by atoms with Gasteiger partial charge in [-0.3, -0.25) is 9.59 Å². The highest BCUT2D eigenvalue weighted by atomic mass is 16.2. The highest BCUT2D eigenvalue weighted by Gasteiger charge is 2.07. The monoisotopic (exact) mass is 296 g/mol. The van der Waals surface area contributed by atoms with E-state index in [2.05, 4.69) is 22.8 Å². The zero-order valence-corrected chi connectivity index (χ0v) is 12.6. The third kappa shape index (κ3) is 5.05. The SMILES string of the molecule is CC(=O)NCCC(=O)Nc1ccccc1Cc1ccccc1. The minimum absolute atomic E-state index is 0.103. The Kier molecular flexibility index (Phi) is 5.72. The number of anilines is 1. The van der Waals surface area contributed by atoms with Crippen LogP contribution in [0.25, 0.3) is 0 Å². The Bertz CT molecular complexity index is 639. The molecule has 0 aliphatic rings. The molecular weight excluding hydrogens is 276 g/mol. The summed E-state index contributed by atoms with van der Waals surface area (Å²) in [5, 5.41) is 5.53. The van der Waals surface area contributed by atoms with Gasteiger partial charge in [0, 0.05) is 25.6 Å². The number of nitrogens with one attached hydrogen (secondary N) is 2. The number of para-hydroxylation sites is 1. The van der Waals surface area contributed by atoms with Gasteiger partial charge in [0.15, 0.2) is 0 Å². The molecule has 2 aromatic carbocycles. The lowest BCUT2D eigenvalue weighted by Gasteiger charge is -2.11. The fourth-order valence-electron chi connectivity index (χ4n) is 2.18. The molecule has 114 valence electrons. The number of hydrogen-bond acceptors (Lipinski definition) is 2. The molecule has 4 nitrogen and oxygen atoms in total. The first kappa shape index (κ1) is 15.8. The predicted octanol–water partition coefficient (Wildman–Crippen LogP) is 2.74. The van der Waals surface area contributed by atoms with Crippen LogP contribution in [0.1, 0.15) is 24.5 Å². The summed E-state index contributed by atoms with van der Waals surface area (Å²) in [6.45, 7) is 1.79. The molecular formula is C18H20N2O2. The van der Waals surface area contributed by atoms with Gasteiger partial charge in [0.1, 0.15) is 0 Å². The summed E-state index contributed by atoms with van der Waals surface area (Å²) in [4.78, 5) is 22.7. The van der Waals surface area contributed by atoms with Gasteiger partial charge in [0.05, 0.1) is 0 Å². The van der Waals surface area contributed by atoms with Crippen molar-refractivity contribution < 1.29 is 9.59 Å². The number of carbonyl (C=O) groups excluding carboxylic acids is 2. The molecule has 0 fully saturated rings. The zero-order chi connectivity index (χ0) is 15.8. The third-order valence-corrected chi connectivity index (χ3v) is 3.25. The van der Waals surface area contributed by atoms with E-state index in [9.17, 15) is 9.59 Å². The molecule has 0 bridgehead atoms. The van der Waals surface area contributed by atoms with Gasteiger partial charge in [-0.15, -0.1) is 0 Å². The maximum absolute atomic E-state index is 11.9. The Morgan fingerprint density at radius 2 is 1.64 bits per heavy atom. The molecule has 2 aromatic rings. The van der Waals surface area contributed by atoms with Crippen LogP contribution in [-0.2, 0) is 16.0 Å². The van der Waals surface area contributed by atoms with E-state index in [1.807, 2.05) is 42.5 Å². The average Bonchev–Trinajstić information content (AvgIpc) is 2.50. The summed E-state index contributed by atoms with van der Waals surface area (Å²) in [7, 11) is 0. The lowest BCUT2D eigenvalue weighted by Crippen LogP contribution is -2.25. The molecule has 22 heavy (non-hydrogen) atoms. The van der Waals surface area contributed by atoms with Gasteiger partial charge >= 0.3 is 0 Å². The molecule has 0 radical (unpaired) electrons. The van der Waals surface area contributed by atoms with E-state index >= 15 is 0 Å². The van der Waals surface area contributed by atoms with E-state index in [1.165, 1.54) is 12.5 Å². The summed E-state index contributed by atoms with van der Waals surface area (Å²) >= 11 is 0. The standard InChI is InChI=1S/C18H20N2O2/c1-14(21)19-12-11-18(22)20-17-10-6-5-9-16(17)13-15-7-3-2-4-8-15/h2-10H,11-13H2,1H3,(H,19,21)(H,20,22). The molecule has 0 saturated heterocycles. The molecule has 2 amide bonds. The number of benzene rings is 2. The van der Waals surface area contributed by atoms with Crippen LogP contribution >= 0.6 is 0 Å². The molecule has 2 rings (SSSR count). The summed E-state index contributed by atoms with van der Waals surface area (Å²) in [6, 6.07) is 17.9. The van der Waals surface area contributed by atoms with Crippen molar-refractivity contribution in [3.63, 3.8) is 0 Å². The first-order chi connectivity index (χ1) is 10.6. The van der Waals surface area contributed by atoms with E-state index < -0.39 is 0 Å². The van der Waals surface area contributed by atoms with Gasteiger partial charge in [0.2, 0.25) is 11.8 Å². The Hall–Kier alpha value is -2.62. The van der Waals surface area contributed by atoms with Crippen molar-refractivity contribution in [2.45, 2.75) is 19.8 Å². The van der Waals surface area contributed by atoms with Gasteiger partial charge in [-0.05, 0) is 23.6 Å². The molecule has 0 aromatic heterocycles. The van der Waals surface area contributed by atoms with E-state index in [0.29, 0.717) is 6.54 Å². The number of rotatable bonds is 6. The predicted molar refractivity (Wildman–Crippen MR) is 87.6 cm³/mol. The minimum Gasteiger partial charge on any atom is -0.356 e. The van der Waals surface area contributed by atoms with Gasteiger partial charge in [0.25, 0.3) is 0 Å². The molecule has 0 heterocycles. The van der Waals surface area contributed by atoms with E-state index in [1.54, 1.807) is 0 Å². The van der Waals surface area contributed by atoms with Crippen LogP contribution in [0, 0.1) is 0 Å². The van der Waals surface area contributed by atoms with Crippen LogP contribution < -0.4 is 10.6 Å². The van der Waals surface area contributed by atoms with E-state index in [0.717, 1.165) is 17.7 Å². The first-order valence-corrected chi connectivity index (χ1v) is 7.31. The van der Waals surface area contributed by atoms with Crippen LogP contribution in [0.4, 0.5) is 5.69 Å². The van der Waals surface area contributed by atoms with Crippen LogP contribution in [0.3, 0.4) is 0 Å². The highest BCUT2D eigenvalue weighted by Crippen LogP contribution is 2.19. The summed E-state index contributed by atoms with van der Waals surface area (Å²) in [5.41, 5.74) is 3.09. The topological polar surface area (TPSA) is 58.2 Å². The normalized spacial score (nSPS) is 10.0. The zero-order valence-electron chi connectivity index (χ0n) is 12.6. The molecule has 0 aliphatic carbocycles. The Morgan fingerprint density at radius 1 is 0.955 bits per heavy atom. The maximum atomic E-state index is 11.9. The van der Waals surface area contributed by atoms with Crippen molar-refractivity contribution in [2.75, 3.05) is 11.9 Å². The Balaban J connectivity index is 1.99. The fraction of sp³-hybridized carbons (Fsp3) is 0.222. The second kappa shape index (κ2) is 7.98. The summed E-state index contributed by atoms with van der Waals surface area (Å²) < 4.78 is 0. The highest BCUT2D eigenvalue weighted by molar-refractivity contribution is 5.92. The maximum Gasteiger partial charge on any atom is 0.226 e. The number of hydrogen-bond donors (Lipinski definition) is 2. The lowest BCUT2D eigenvalue weighted by molar-refractivity contribution is -0.119. The summed E-state index contributed by atoms with van der Waals surface area (Å²) in [6.07, 6.45) is 1.03. The average molecular weight is 296 g/mol. The van der Waals surface area contributed by atoms with Crippen molar-refractivity contribution in [1.29, 1.82) is 0 Å². The Morgan fingerprint density at radius 3 is 2.36 bits per heavy atom. The third-order valence-electron chi connectivity index (χ3n) is 3.25. The molecule has 0 atom stereocenters. The van der Waals surface area contributed by atoms with Crippen molar-refractivity contribution >= 4 is 17.5 Å². The smallest absolute Gasteiger partial charge is 0.226 e. The van der Waals surface area contributed by atoms with Crippen LogP contribution in [-0.4, -0.2) is 18.4 Å². The molecule has 0 spiro atoms. The van der Waals surface area contributed by atoms with E-state index in [4.69, 9.17) is 0 Å². The van der Waals surface area contributed by atoms with Gasteiger partial charge in [-0.1, -0.05) is 48.5 Å². The Labute approximate surface area is 130 Å². The number of carbonyl (C=O) groups is 2. The first-order valence-electron chi connectivity index (χ1n) is 7.31. The largest absolute Gasteiger partial charge is 0.356 e. The van der Waals surface area contributed by atoms with Gasteiger partial charge in [-0.2, -0.15) is 0 Å². The van der Waals surface area contributed by atoms with Crippen LogP contribution in [0.15, 0.2) is 54.6 Å². The van der Waals surface area contributed by atoms with Crippen LogP contribution in [0.5, 0.6) is 0 Å². The molecule has 2 N–H and O–H groups in total. The second-order valence-corrected chi connectivity index (χ2v) is 5.10.